The van der Waals surface area contributed by atoms with Crippen molar-refractivity contribution >= 4 is 16.9 Å². The molecule has 1 aliphatic heterocycles. The Bertz CT molecular complexity index is 906. The zero-order valence-electron chi connectivity index (χ0n) is 15.0. The third-order valence-electron chi connectivity index (χ3n) is 4.70. The summed E-state index contributed by atoms with van der Waals surface area (Å²) in [5.41, 5.74) is 1.94. The fraction of sp³-hybridized carbons (Fsp3) is 0.421. The molecule has 0 amide bonds. The van der Waals surface area contributed by atoms with Crippen molar-refractivity contribution in [1.29, 1.82) is 0 Å². The maximum atomic E-state index is 13.6. The number of fused-ring (bicyclic) bond motifs is 1. The minimum absolute atomic E-state index is 0.380. The SMILES string of the molecule is CC(C)C[C@@H]1CN(c2cccc(-c3[nH]nc4ncc(F)cc34)n2)CCN1. The van der Waals surface area contributed by atoms with Crippen LogP contribution < -0.4 is 10.2 Å². The molecule has 136 valence electrons. The highest BCUT2D eigenvalue weighted by atomic mass is 19.1. The van der Waals surface area contributed by atoms with Gasteiger partial charge in [-0.05, 0) is 30.5 Å². The first-order chi connectivity index (χ1) is 12.6. The first kappa shape index (κ1) is 16.9. The van der Waals surface area contributed by atoms with Gasteiger partial charge in [-0.25, -0.2) is 14.4 Å². The van der Waals surface area contributed by atoms with E-state index >= 15 is 0 Å². The Balaban J connectivity index is 1.63. The lowest BCUT2D eigenvalue weighted by atomic mass is 10.0. The average Bonchev–Trinajstić information content (AvgIpc) is 3.04. The van der Waals surface area contributed by atoms with E-state index in [4.69, 9.17) is 4.98 Å². The molecule has 26 heavy (non-hydrogen) atoms. The van der Waals surface area contributed by atoms with Gasteiger partial charge in [-0.1, -0.05) is 19.9 Å². The molecule has 1 saturated heterocycles. The van der Waals surface area contributed by atoms with Crippen LogP contribution in [0.4, 0.5) is 10.2 Å². The van der Waals surface area contributed by atoms with E-state index in [-0.39, 0.29) is 5.82 Å². The summed E-state index contributed by atoms with van der Waals surface area (Å²) < 4.78 is 13.6. The molecule has 0 radical (unpaired) electrons. The predicted molar refractivity (Wildman–Crippen MR) is 101 cm³/mol. The van der Waals surface area contributed by atoms with Crippen LogP contribution >= 0.6 is 0 Å². The van der Waals surface area contributed by atoms with E-state index in [1.165, 1.54) is 12.3 Å². The van der Waals surface area contributed by atoms with Crippen LogP contribution in [0.5, 0.6) is 0 Å². The largest absolute Gasteiger partial charge is 0.354 e. The van der Waals surface area contributed by atoms with Gasteiger partial charge in [0.25, 0.3) is 0 Å². The normalized spacial score (nSPS) is 18.0. The molecule has 1 atom stereocenters. The highest BCUT2D eigenvalue weighted by Gasteiger charge is 2.21. The number of aromatic nitrogens is 4. The van der Waals surface area contributed by atoms with Crippen molar-refractivity contribution in [2.24, 2.45) is 5.92 Å². The summed E-state index contributed by atoms with van der Waals surface area (Å²) in [6, 6.07) is 7.84. The number of pyridine rings is 2. The van der Waals surface area contributed by atoms with Crippen LogP contribution in [0, 0.1) is 11.7 Å². The molecule has 4 heterocycles. The Labute approximate surface area is 151 Å². The lowest BCUT2D eigenvalue weighted by Crippen LogP contribution is -2.51. The van der Waals surface area contributed by atoms with Gasteiger partial charge in [-0.15, -0.1) is 0 Å². The molecule has 0 unspecified atom stereocenters. The van der Waals surface area contributed by atoms with Crippen molar-refractivity contribution in [2.75, 3.05) is 24.5 Å². The van der Waals surface area contributed by atoms with Crippen molar-refractivity contribution < 1.29 is 4.39 Å². The second kappa shape index (κ2) is 6.99. The molecular formula is C19H23FN6. The topological polar surface area (TPSA) is 69.7 Å². The van der Waals surface area contributed by atoms with Crippen molar-refractivity contribution in [3.63, 3.8) is 0 Å². The molecule has 0 saturated carbocycles. The molecule has 7 heteroatoms. The fourth-order valence-corrected chi connectivity index (χ4v) is 3.57. The second-order valence-corrected chi connectivity index (χ2v) is 7.23. The van der Waals surface area contributed by atoms with Crippen LogP contribution in [0.1, 0.15) is 20.3 Å². The molecule has 0 aliphatic carbocycles. The number of halogens is 1. The summed E-state index contributed by atoms with van der Waals surface area (Å²) in [4.78, 5) is 11.1. The van der Waals surface area contributed by atoms with Gasteiger partial charge >= 0.3 is 0 Å². The molecule has 1 fully saturated rings. The highest BCUT2D eigenvalue weighted by molar-refractivity contribution is 5.89. The summed E-state index contributed by atoms with van der Waals surface area (Å²) in [5.74, 6) is 1.21. The third-order valence-corrected chi connectivity index (χ3v) is 4.70. The van der Waals surface area contributed by atoms with Crippen LogP contribution in [0.2, 0.25) is 0 Å². The smallest absolute Gasteiger partial charge is 0.181 e. The van der Waals surface area contributed by atoms with E-state index in [0.717, 1.165) is 37.6 Å². The zero-order chi connectivity index (χ0) is 18.1. The Morgan fingerprint density at radius 2 is 2.23 bits per heavy atom. The second-order valence-electron chi connectivity index (χ2n) is 7.23. The van der Waals surface area contributed by atoms with Crippen molar-refractivity contribution in [3.05, 3.63) is 36.3 Å². The molecule has 1 aliphatic rings. The minimum atomic E-state index is -0.380. The molecule has 2 N–H and O–H groups in total. The van der Waals surface area contributed by atoms with E-state index in [0.29, 0.717) is 28.7 Å². The van der Waals surface area contributed by atoms with E-state index < -0.39 is 0 Å². The number of H-pyrrole nitrogens is 1. The van der Waals surface area contributed by atoms with Gasteiger partial charge in [0.2, 0.25) is 0 Å². The van der Waals surface area contributed by atoms with E-state index in [1.54, 1.807) is 0 Å². The average molecular weight is 354 g/mol. The molecule has 0 bridgehead atoms. The first-order valence-electron chi connectivity index (χ1n) is 9.05. The Hall–Kier alpha value is -2.54. The molecule has 3 aromatic heterocycles. The van der Waals surface area contributed by atoms with Crippen molar-refractivity contribution in [3.8, 4) is 11.4 Å². The zero-order valence-corrected chi connectivity index (χ0v) is 15.0. The van der Waals surface area contributed by atoms with E-state index in [1.807, 2.05) is 18.2 Å². The summed E-state index contributed by atoms with van der Waals surface area (Å²) in [6.07, 6.45) is 2.32. The Morgan fingerprint density at radius 1 is 1.35 bits per heavy atom. The number of nitrogens with one attached hydrogen (secondary N) is 2. The van der Waals surface area contributed by atoms with E-state index in [9.17, 15) is 4.39 Å². The predicted octanol–water partition coefficient (Wildman–Crippen LogP) is 2.98. The fourth-order valence-electron chi connectivity index (χ4n) is 3.57. The van der Waals surface area contributed by atoms with Gasteiger partial charge in [0, 0.05) is 25.7 Å². The number of rotatable bonds is 4. The number of hydrogen-bond donors (Lipinski definition) is 2. The number of nitrogens with zero attached hydrogens (tertiary/aromatic N) is 4. The number of anilines is 1. The van der Waals surface area contributed by atoms with Crippen LogP contribution in [0.3, 0.4) is 0 Å². The van der Waals surface area contributed by atoms with Gasteiger partial charge in [-0.2, -0.15) is 5.10 Å². The number of aromatic amines is 1. The third kappa shape index (κ3) is 3.39. The molecule has 6 nitrogen and oxygen atoms in total. The maximum absolute atomic E-state index is 13.6. The summed E-state index contributed by atoms with van der Waals surface area (Å²) in [6.45, 7) is 7.30. The molecule has 4 rings (SSSR count). The van der Waals surface area contributed by atoms with Gasteiger partial charge in [0.15, 0.2) is 5.65 Å². The van der Waals surface area contributed by atoms with Crippen molar-refractivity contribution in [2.45, 2.75) is 26.3 Å². The number of hydrogen-bond acceptors (Lipinski definition) is 5. The lowest BCUT2D eigenvalue weighted by Gasteiger charge is -2.35. The van der Waals surface area contributed by atoms with Gasteiger partial charge in [0.05, 0.1) is 23.0 Å². The monoisotopic (exact) mass is 354 g/mol. The minimum Gasteiger partial charge on any atom is -0.354 e. The lowest BCUT2D eigenvalue weighted by molar-refractivity contribution is 0.387. The van der Waals surface area contributed by atoms with Crippen LogP contribution in [0.15, 0.2) is 30.5 Å². The molecule has 3 aromatic rings. The summed E-state index contributed by atoms with van der Waals surface area (Å²) in [5, 5.41) is 11.3. The highest BCUT2D eigenvalue weighted by Crippen LogP contribution is 2.26. The summed E-state index contributed by atoms with van der Waals surface area (Å²) >= 11 is 0. The van der Waals surface area contributed by atoms with Crippen LogP contribution in [0.25, 0.3) is 22.4 Å². The standard InChI is InChI=1S/C19H23FN6/c1-12(2)8-14-11-26(7-6-21-14)17-5-3-4-16(23-17)18-15-9-13(20)10-22-19(15)25-24-18/h3-5,9-10,12,14,21H,6-8,11H2,1-2H3,(H,22,24,25)/t14-/m1/s1. The Morgan fingerprint density at radius 3 is 3.08 bits per heavy atom. The maximum Gasteiger partial charge on any atom is 0.181 e. The summed E-state index contributed by atoms with van der Waals surface area (Å²) in [7, 11) is 0. The molecular weight excluding hydrogens is 331 g/mol. The molecule has 0 aromatic carbocycles. The molecule has 0 spiro atoms. The number of piperazine rings is 1. The quantitative estimate of drug-likeness (QED) is 0.754. The van der Waals surface area contributed by atoms with Gasteiger partial charge in [-0.3, -0.25) is 5.10 Å². The van der Waals surface area contributed by atoms with Crippen LogP contribution in [-0.2, 0) is 0 Å². The van der Waals surface area contributed by atoms with Crippen molar-refractivity contribution in [1.82, 2.24) is 25.5 Å². The first-order valence-corrected chi connectivity index (χ1v) is 9.05. The van der Waals surface area contributed by atoms with Crippen LogP contribution in [-0.4, -0.2) is 45.8 Å². The van der Waals surface area contributed by atoms with E-state index in [2.05, 4.69) is 39.2 Å². The van der Waals surface area contributed by atoms with Gasteiger partial charge < -0.3 is 10.2 Å². The Kier molecular flexibility index (Phi) is 4.55. The van der Waals surface area contributed by atoms with Gasteiger partial charge in [0.1, 0.15) is 11.6 Å².